The lowest BCUT2D eigenvalue weighted by Gasteiger charge is -2.14. The van der Waals surface area contributed by atoms with Gasteiger partial charge in [-0.15, -0.1) is 0 Å². The Hall–Kier alpha value is -1.32. The predicted octanol–water partition coefficient (Wildman–Crippen LogP) is 2.63. The molecule has 2 N–H and O–H groups in total. The number of aliphatic hydroxyl groups excluding tert-OH is 1. The van der Waals surface area contributed by atoms with E-state index >= 15 is 0 Å². The van der Waals surface area contributed by atoms with Gasteiger partial charge in [-0.3, -0.25) is 4.79 Å². The minimum atomic E-state index is -0.202. The van der Waals surface area contributed by atoms with Crippen LogP contribution in [0.1, 0.15) is 25.8 Å². The highest BCUT2D eigenvalue weighted by molar-refractivity contribution is 6.32. The second kappa shape index (κ2) is 7.19. The molecule has 18 heavy (non-hydrogen) atoms. The molecule has 4 heteroatoms. The van der Waals surface area contributed by atoms with Crippen molar-refractivity contribution in [1.82, 2.24) is 5.32 Å². The van der Waals surface area contributed by atoms with E-state index in [0.29, 0.717) is 17.0 Å². The van der Waals surface area contributed by atoms with Crippen LogP contribution in [-0.2, 0) is 4.79 Å². The van der Waals surface area contributed by atoms with Gasteiger partial charge in [0.15, 0.2) is 0 Å². The minimum absolute atomic E-state index is 0.0540. The van der Waals surface area contributed by atoms with Gasteiger partial charge in [0.05, 0.1) is 12.6 Å². The predicted molar refractivity (Wildman–Crippen MR) is 74.4 cm³/mol. The van der Waals surface area contributed by atoms with Crippen LogP contribution < -0.4 is 5.32 Å². The summed E-state index contributed by atoms with van der Waals surface area (Å²) < 4.78 is 0. The van der Waals surface area contributed by atoms with Gasteiger partial charge in [0.1, 0.15) is 0 Å². The van der Waals surface area contributed by atoms with Gasteiger partial charge < -0.3 is 10.4 Å². The molecule has 0 saturated carbocycles. The zero-order chi connectivity index (χ0) is 13.5. The number of benzene rings is 1. The summed E-state index contributed by atoms with van der Waals surface area (Å²) in [6, 6.07) is 7.13. The summed E-state index contributed by atoms with van der Waals surface area (Å²) >= 11 is 6.02. The molecule has 0 saturated heterocycles. The molecule has 1 aromatic carbocycles. The molecule has 98 valence electrons. The first-order valence-corrected chi connectivity index (χ1v) is 6.30. The SMILES string of the molecule is CCC(CO)NC(=O)/C(C)=C/c1ccccc1Cl. The lowest BCUT2D eigenvalue weighted by atomic mass is 10.1. The highest BCUT2D eigenvalue weighted by atomic mass is 35.5. The average Bonchev–Trinajstić information content (AvgIpc) is 2.38. The van der Waals surface area contributed by atoms with E-state index in [4.69, 9.17) is 16.7 Å². The van der Waals surface area contributed by atoms with Crippen molar-refractivity contribution in [1.29, 1.82) is 0 Å². The van der Waals surface area contributed by atoms with E-state index in [-0.39, 0.29) is 18.6 Å². The van der Waals surface area contributed by atoms with Crippen molar-refractivity contribution in [3.05, 3.63) is 40.4 Å². The number of halogens is 1. The maximum absolute atomic E-state index is 11.9. The second-order valence-corrected chi connectivity index (χ2v) is 4.52. The highest BCUT2D eigenvalue weighted by Gasteiger charge is 2.10. The number of carbonyl (C=O) groups is 1. The Morgan fingerprint density at radius 2 is 2.17 bits per heavy atom. The number of aliphatic hydroxyl groups is 1. The van der Waals surface area contributed by atoms with Gasteiger partial charge in [0.2, 0.25) is 5.91 Å². The molecule has 0 bridgehead atoms. The Kier molecular flexibility index (Phi) is 5.89. The topological polar surface area (TPSA) is 49.3 Å². The maximum Gasteiger partial charge on any atom is 0.247 e. The first-order chi connectivity index (χ1) is 8.58. The number of carbonyl (C=O) groups excluding carboxylic acids is 1. The first kappa shape index (κ1) is 14.7. The molecule has 1 unspecified atom stereocenters. The van der Waals surface area contributed by atoms with E-state index in [9.17, 15) is 4.79 Å². The zero-order valence-electron chi connectivity index (χ0n) is 10.6. The molecule has 3 nitrogen and oxygen atoms in total. The summed E-state index contributed by atoms with van der Waals surface area (Å²) in [6.45, 7) is 3.58. The van der Waals surface area contributed by atoms with Crippen molar-refractivity contribution < 1.29 is 9.90 Å². The number of nitrogens with one attached hydrogen (secondary N) is 1. The van der Waals surface area contributed by atoms with Gasteiger partial charge in [0.25, 0.3) is 0 Å². The maximum atomic E-state index is 11.9. The van der Waals surface area contributed by atoms with Crippen molar-refractivity contribution in [2.45, 2.75) is 26.3 Å². The summed E-state index contributed by atoms with van der Waals surface area (Å²) in [4.78, 5) is 11.9. The fraction of sp³-hybridized carbons (Fsp3) is 0.357. The summed E-state index contributed by atoms with van der Waals surface area (Å²) in [6.07, 6.45) is 2.43. The Morgan fingerprint density at radius 3 is 2.72 bits per heavy atom. The normalized spacial score (nSPS) is 13.2. The van der Waals surface area contributed by atoms with E-state index in [1.165, 1.54) is 0 Å². The number of hydrogen-bond donors (Lipinski definition) is 2. The largest absolute Gasteiger partial charge is 0.394 e. The van der Waals surface area contributed by atoms with Crippen LogP contribution in [0.5, 0.6) is 0 Å². The molecule has 1 aromatic rings. The molecule has 0 aliphatic carbocycles. The van der Waals surface area contributed by atoms with Crippen LogP contribution in [-0.4, -0.2) is 23.7 Å². The Bertz CT molecular complexity index is 439. The summed E-state index contributed by atoms with van der Waals surface area (Å²) in [5.41, 5.74) is 1.37. The molecule has 1 rings (SSSR count). The molecule has 1 atom stereocenters. The van der Waals surface area contributed by atoms with Crippen LogP contribution in [0, 0.1) is 0 Å². The van der Waals surface area contributed by atoms with Crippen LogP contribution in [0.15, 0.2) is 29.8 Å². The zero-order valence-corrected chi connectivity index (χ0v) is 11.4. The molecule has 0 aliphatic heterocycles. The van der Waals surface area contributed by atoms with E-state index in [2.05, 4.69) is 5.32 Å². The van der Waals surface area contributed by atoms with Crippen molar-refractivity contribution >= 4 is 23.6 Å². The number of hydrogen-bond acceptors (Lipinski definition) is 2. The fourth-order valence-corrected chi connectivity index (χ4v) is 1.66. The molecule has 0 aromatic heterocycles. The molecule has 0 spiro atoms. The smallest absolute Gasteiger partial charge is 0.247 e. The minimum Gasteiger partial charge on any atom is -0.394 e. The average molecular weight is 268 g/mol. The van der Waals surface area contributed by atoms with Crippen LogP contribution in [0.2, 0.25) is 5.02 Å². The van der Waals surface area contributed by atoms with E-state index in [1.807, 2.05) is 25.1 Å². The van der Waals surface area contributed by atoms with Crippen LogP contribution >= 0.6 is 11.6 Å². The fourth-order valence-electron chi connectivity index (χ4n) is 1.47. The van der Waals surface area contributed by atoms with Crippen LogP contribution in [0.25, 0.3) is 6.08 Å². The van der Waals surface area contributed by atoms with Crippen molar-refractivity contribution in [2.75, 3.05) is 6.61 Å². The quantitative estimate of drug-likeness (QED) is 0.806. The van der Waals surface area contributed by atoms with Gasteiger partial charge >= 0.3 is 0 Å². The highest BCUT2D eigenvalue weighted by Crippen LogP contribution is 2.18. The lowest BCUT2D eigenvalue weighted by molar-refractivity contribution is -0.118. The van der Waals surface area contributed by atoms with E-state index in [1.54, 1.807) is 19.1 Å². The number of amides is 1. The van der Waals surface area contributed by atoms with Gasteiger partial charge in [-0.1, -0.05) is 36.7 Å². The molecule has 0 heterocycles. The first-order valence-electron chi connectivity index (χ1n) is 5.93. The summed E-state index contributed by atoms with van der Waals surface area (Å²) in [5.74, 6) is -0.184. The van der Waals surface area contributed by atoms with E-state index < -0.39 is 0 Å². The van der Waals surface area contributed by atoms with Gasteiger partial charge in [-0.2, -0.15) is 0 Å². The van der Waals surface area contributed by atoms with Crippen molar-refractivity contribution in [3.63, 3.8) is 0 Å². The molecule has 0 aliphatic rings. The second-order valence-electron chi connectivity index (χ2n) is 4.11. The van der Waals surface area contributed by atoms with Crippen molar-refractivity contribution in [2.24, 2.45) is 0 Å². The molecular weight excluding hydrogens is 250 g/mol. The Labute approximate surface area is 112 Å². The van der Waals surface area contributed by atoms with Crippen LogP contribution in [0.4, 0.5) is 0 Å². The van der Waals surface area contributed by atoms with Crippen LogP contribution in [0.3, 0.4) is 0 Å². The Morgan fingerprint density at radius 1 is 1.50 bits per heavy atom. The van der Waals surface area contributed by atoms with Gasteiger partial charge in [-0.05, 0) is 31.1 Å². The Balaban J connectivity index is 2.78. The third-order valence-corrected chi connectivity index (χ3v) is 3.03. The molecular formula is C14H18ClNO2. The summed E-state index contributed by atoms with van der Waals surface area (Å²) in [5, 5.41) is 12.4. The van der Waals surface area contributed by atoms with E-state index in [0.717, 1.165) is 5.56 Å². The third kappa shape index (κ3) is 4.17. The third-order valence-electron chi connectivity index (χ3n) is 2.68. The standard InChI is InChI=1S/C14H18ClNO2/c1-3-12(9-17)16-14(18)10(2)8-11-6-4-5-7-13(11)15/h4-8,12,17H,3,9H2,1-2H3,(H,16,18)/b10-8+. The van der Waals surface area contributed by atoms with Crippen molar-refractivity contribution in [3.8, 4) is 0 Å². The van der Waals surface area contributed by atoms with Gasteiger partial charge in [-0.25, -0.2) is 0 Å². The lowest BCUT2D eigenvalue weighted by Crippen LogP contribution is -2.37. The molecule has 0 radical (unpaired) electrons. The van der Waals surface area contributed by atoms with Gasteiger partial charge in [0, 0.05) is 10.6 Å². The molecule has 1 amide bonds. The monoisotopic (exact) mass is 267 g/mol. The summed E-state index contributed by atoms with van der Waals surface area (Å²) in [7, 11) is 0. The number of rotatable bonds is 5. The molecule has 0 fully saturated rings.